The van der Waals surface area contributed by atoms with Crippen molar-refractivity contribution in [2.24, 2.45) is 0 Å². The molecule has 2 aromatic heterocycles. The lowest BCUT2D eigenvalue weighted by Gasteiger charge is -2.40. The predicted molar refractivity (Wildman–Crippen MR) is 290 cm³/mol. The van der Waals surface area contributed by atoms with Crippen molar-refractivity contribution >= 4 is 46.0 Å². The van der Waals surface area contributed by atoms with E-state index in [-0.39, 0.29) is 12.3 Å². The number of aryl methyl sites for hydroxylation is 8. The van der Waals surface area contributed by atoms with Gasteiger partial charge in [0.1, 0.15) is 0 Å². The van der Waals surface area contributed by atoms with Crippen molar-refractivity contribution in [3.8, 4) is 22.5 Å². The number of aromatic nitrogens is 2. The Balaban J connectivity index is 0.000000152. The number of benzene rings is 6. The third-order valence-corrected chi connectivity index (χ3v) is 16.4. The van der Waals surface area contributed by atoms with Gasteiger partial charge in [0.25, 0.3) is 0 Å². The predicted octanol–water partition coefficient (Wildman–Crippen LogP) is 13.4. The van der Waals surface area contributed by atoms with Crippen molar-refractivity contribution in [2.75, 3.05) is 32.7 Å². The number of pyridine rings is 2. The molecular weight excluding hydrogens is 900 g/mol. The molecule has 8 heteroatoms. The van der Waals surface area contributed by atoms with E-state index in [0.29, 0.717) is 0 Å². The van der Waals surface area contributed by atoms with Crippen LogP contribution >= 0.6 is 23.2 Å². The van der Waals surface area contributed by atoms with Gasteiger partial charge in [-0.05, 0) is 159 Å². The average Bonchev–Trinajstić information content (AvgIpc) is 4.11. The van der Waals surface area contributed by atoms with E-state index in [1.54, 1.807) is 0 Å². The summed E-state index contributed by atoms with van der Waals surface area (Å²) >= 11 is 16.0. The summed E-state index contributed by atoms with van der Waals surface area (Å²) in [5.74, 6) is 0. The zero-order valence-corrected chi connectivity index (χ0v) is 42.8. The molecule has 0 amide bonds. The number of hydrogen-bond acceptors (Lipinski definition) is 4. The summed E-state index contributed by atoms with van der Waals surface area (Å²) < 4.78 is 4.54. The summed E-state index contributed by atoms with van der Waals surface area (Å²) in [6.45, 7) is 19.4. The molecule has 6 heterocycles. The summed E-state index contributed by atoms with van der Waals surface area (Å²) in [7, 11) is 0. The fourth-order valence-corrected chi connectivity index (χ4v) is 13.4. The van der Waals surface area contributed by atoms with Crippen LogP contribution in [0.15, 0.2) is 183 Å². The Morgan fingerprint density at radius 3 is 1.06 bits per heavy atom. The first-order chi connectivity index (χ1) is 33.8. The van der Waals surface area contributed by atoms with Crippen LogP contribution in [0.25, 0.3) is 22.5 Å². The van der Waals surface area contributed by atoms with E-state index in [9.17, 15) is 0 Å². The summed E-state index contributed by atoms with van der Waals surface area (Å²) in [5.41, 5.74) is 22.0. The maximum Gasteiger partial charge on any atom is 0.308 e. The minimum absolute atomic E-state index is 0.112. The number of halogens is 2. The summed E-state index contributed by atoms with van der Waals surface area (Å²) in [4.78, 5) is 8.18. The van der Waals surface area contributed by atoms with E-state index >= 15 is 0 Å². The van der Waals surface area contributed by atoms with E-state index in [1.165, 1.54) is 78.4 Å². The highest BCUT2D eigenvalue weighted by molar-refractivity contribution is 6.25. The van der Waals surface area contributed by atoms with Gasteiger partial charge in [0, 0.05) is 72.5 Å². The van der Waals surface area contributed by atoms with Crippen LogP contribution < -0.4 is 28.7 Å². The number of nitrogens with zero attached hydrogens (tertiary/aromatic N) is 6. The van der Waals surface area contributed by atoms with Gasteiger partial charge in [0.05, 0.1) is 22.3 Å². The molecule has 1 saturated heterocycles. The average molecular weight is 960 g/mol. The van der Waals surface area contributed by atoms with Crippen molar-refractivity contribution in [3.63, 3.8) is 0 Å². The van der Waals surface area contributed by atoms with Gasteiger partial charge in [-0.1, -0.05) is 97.1 Å². The van der Waals surface area contributed by atoms with Crippen LogP contribution in [0.5, 0.6) is 0 Å². The number of para-hydroxylation sites is 4. The van der Waals surface area contributed by atoms with Crippen LogP contribution in [0.4, 0.5) is 22.7 Å². The maximum atomic E-state index is 8.02. The van der Waals surface area contributed by atoms with Crippen LogP contribution in [0.2, 0.25) is 0 Å². The molecule has 0 saturated carbocycles. The topological polar surface area (TPSA) is 20.7 Å². The van der Waals surface area contributed by atoms with Crippen LogP contribution in [0, 0.1) is 55.4 Å². The number of alkyl halides is 2. The van der Waals surface area contributed by atoms with Crippen molar-refractivity contribution in [3.05, 3.63) is 238 Å². The van der Waals surface area contributed by atoms with Crippen LogP contribution in [-0.4, -0.2) is 25.4 Å². The van der Waals surface area contributed by atoms with Crippen molar-refractivity contribution in [2.45, 2.75) is 77.7 Å². The molecule has 4 aliphatic rings. The van der Waals surface area contributed by atoms with Gasteiger partial charge in [0.15, 0.2) is 24.7 Å². The number of rotatable bonds is 6. The van der Waals surface area contributed by atoms with Gasteiger partial charge in [-0.3, -0.25) is 0 Å². The first-order valence-electron chi connectivity index (χ1n) is 24.5. The highest BCUT2D eigenvalue weighted by Gasteiger charge is 2.63. The lowest BCUT2D eigenvalue weighted by atomic mass is 9.97. The standard InChI is InChI=1S/C31H31ClN3.C31H29ClN3/c2*1-21-11-9-12-22(2)28(21)33-19-20-34(29-23(3)13-10-14-24(29)4)30(33)31(32)26-16-6-5-15-25(26)27-17-7-8-18-35(27)31/h5-18,30H,19-20H2,1-4H3;5-20,30H,1-4H3/q2*+1. The second-order valence-corrected chi connectivity index (χ2v) is 20.7. The number of hydrogen-bond donors (Lipinski definition) is 0. The van der Waals surface area contributed by atoms with Crippen LogP contribution in [-0.2, 0) is 10.00 Å². The molecule has 1 fully saturated rings. The van der Waals surface area contributed by atoms with Crippen LogP contribution in [0.3, 0.4) is 0 Å². The molecule has 2 atom stereocenters. The van der Waals surface area contributed by atoms with E-state index < -0.39 is 10.00 Å². The molecule has 350 valence electrons. The fraction of sp³-hybridized carbons (Fsp3) is 0.226. The van der Waals surface area contributed by atoms with Gasteiger partial charge >= 0.3 is 10.00 Å². The molecule has 2 unspecified atom stereocenters. The molecular formula is C62H60Cl2N6+2. The number of fused-ring (bicyclic) bond motifs is 6. The molecule has 0 spiro atoms. The van der Waals surface area contributed by atoms with Gasteiger partial charge in [-0.25, -0.2) is 0 Å². The quantitative estimate of drug-likeness (QED) is 0.122. The second-order valence-electron chi connectivity index (χ2n) is 19.6. The molecule has 8 aromatic rings. The Hall–Kier alpha value is -6.86. The van der Waals surface area contributed by atoms with Gasteiger partial charge < -0.3 is 19.6 Å². The van der Waals surface area contributed by atoms with Gasteiger partial charge in [-0.15, -0.1) is 0 Å². The largest absolute Gasteiger partial charge is 0.342 e. The molecule has 0 bridgehead atoms. The van der Waals surface area contributed by atoms with Crippen molar-refractivity contribution < 1.29 is 9.13 Å². The minimum atomic E-state index is -0.861. The fourth-order valence-electron chi connectivity index (χ4n) is 12.4. The first-order valence-corrected chi connectivity index (χ1v) is 25.2. The Morgan fingerprint density at radius 2 is 0.686 bits per heavy atom. The summed E-state index contributed by atoms with van der Waals surface area (Å²) in [6, 6.07) is 56.0. The molecule has 0 aliphatic carbocycles. The highest BCUT2D eigenvalue weighted by atomic mass is 35.5. The van der Waals surface area contributed by atoms with Crippen LogP contribution in [0.1, 0.15) is 55.6 Å². The SMILES string of the molecule is Cc1cccc(C)c1N1C=CN(c2c(C)cccc2C)C1C1(Cl)c2ccccc2-c2cccc[n+]21.Cc1cccc(C)c1N1CCN(c2c(C)cccc2C)C1C1(Cl)c2ccccc2-c2cccc[n+]21. The Morgan fingerprint density at radius 1 is 0.371 bits per heavy atom. The van der Waals surface area contributed by atoms with Gasteiger partial charge in [-0.2, -0.15) is 9.13 Å². The second kappa shape index (κ2) is 17.5. The van der Waals surface area contributed by atoms with E-state index in [4.69, 9.17) is 23.2 Å². The Bertz CT molecular complexity index is 2990. The zero-order chi connectivity index (χ0) is 48.6. The minimum Gasteiger partial charge on any atom is -0.342 e. The molecule has 6 aromatic carbocycles. The molecule has 70 heavy (non-hydrogen) atoms. The van der Waals surface area contributed by atoms with E-state index in [1.807, 2.05) is 0 Å². The lowest BCUT2D eigenvalue weighted by Crippen LogP contribution is -2.65. The molecule has 4 aliphatic heterocycles. The van der Waals surface area contributed by atoms with E-state index in [0.717, 1.165) is 35.6 Å². The van der Waals surface area contributed by atoms with Crippen molar-refractivity contribution in [1.82, 2.24) is 0 Å². The molecule has 0 N–H and O–H groups in total. The normalized spacial score (nSPS) is 19.0. The summed E-state index contributed by atoms with van der Waals surface area (Å²) in [6.07, 6.45) is 8.32. The monoisotopic (exact) mass is 958 g/mol. The van der Waals surface area contributed by atoms with E-state index in [2.05, 4.69) is 267 Å². The van der Waals surface area contributed by atoms with Gasteiger partial charge in [0.2, 0.25) is 11.4 Å². The van der Waals surface area contributed by atoms with Crippen molar-refractivity contribution in [1.29, 1.82) is 0 Å². The smallest absolute Gasteiger partial charge is 0.308 e. The molecule has 6 nitrogen and oxygen atoms in total. The molecule has 12 rings (SSSR count). The highest BCUT2D eigenvalue weighted by Crippen LogP contribution is 2.51. The third-order valence-electron chi connectivity index (χ3n) is 15.2. The maximum absolute atomic E-state index is 8.02. The Kier molecular flexibility index (Phi) is 11.4. The molecule has 0 radical (unpaired) electrons. The zero-order valence-electron chi connectivity index (χ0n) is 41.3. The lowest BCUT2D eigenvalue weighted by molar-refractivity contribution is -0.718. The summed E-state index contributed by atoms with van der Waals surface area (Å²) in [5, 5.41) is 0. The third kappa shape index (κ3) is 6.89. The number of anilines is 4. The Labute approximate surface area is 423 Å². The first kappa shape index (κ1) is 45.6.